The second kappa shape index (κ2) is 4.04. The number of aliphatic imine (C=N–C) groups is 1. The second-order valence-electron chi connectivity index (χ2n) is 4.43. The van der Waals surface area contributed by atoms with Crippen LogP contribution in [-0.2, 0) is 4.79 Å². The number of aliphatic carboxylic acids is 1. The molecule has 0 radical (unpaired) electrons. The number of hydrogen-bond acceptors (Lipinski definition) is 3. The summed E-state index contributed by atoms with van der Waals surface area (Å²) in [7, 11) is 0. The summed E-state index contributed by atoms with van der Waals surface area (Å²) in [5.41, 5.74) is 2.83. The summed E-state index contributed by atoms with van der Waals surface area (Å²) in [6, 6.07) is 0. The number of rotatable bonds is 1. The first-order valence-electron chi connectivity index (χ1n) is 5.61. The predicted molar refractivity (Wildman–Crippen MR) is 75.4 cm³/mol. The largest absolute Gasteiger partial charge is 0.478 e. The van der Waals surface area contributed by atoms with Crippen molar-refractivity contribution in [2.24, 2.45) is 10.9 Å². The highest BCUT2D eigenvalue weighted by molar-refractivity contribution is 14.2. The van der Waals surface area contributed by atoms with Crippen molar-refractivity contribution >= 4 is 36.7 Å². The Morgan fingerprint density at radius 3 is 3.24 bits per heavy atom. The summed E-state index contributed by atoms with van der Waals surface area (Å²) in [6.45, 7) is 2.17. The fourth-order valence-corrected chi connectivity index (χ4v) is 4.21. The van der Waals surface area contributed by atoms with E-state index in [9.17, 15) is 9.90 Å². The van der Waals surface area contributed by atoms with Gasteiger partial charge in [0.05, 0.1) is 4.55 Å². The third-order valence-electron chi connectivity index (χ3n) is 3.41. The zero-order valence-electron chi connectivity index (χ0n) is 9.48. The number of hydrogen-bond donors (Lipinski definition) is 1. The first-order chi connectivity index (χ1) is 8.18. The van der Waals surface area contributed by atoms with Gasteiger partial charge in [-0.05, 0) is 30.4 Å². The Balaban J connectivity index is 2.14. The van der Waals surface area contributed by atoms with E-state index in [4.69, 9.17) is 0 Å². The molecule has 0 aromatic heterocycles. The summed E-state index contributed by atoms with van der Waals surface area (Å²) in [5.74, 6) is 0.249. The van der Waals surface area contributed by atoms with Crippen LogP contribution in [0.2, 0.25) is 0 Å². The average molecular weight is 344 g/mol. The molecule has 0 aromatic carbocycles. The number of alkyl halides is 1. The number of nitrogens with zero attached hydrogens (tertiary/aromatic N) is 2. The van der Waals surface area contributed by atoms with Crippen molar-refractivity contribution in [1.82, 2.24) is 4.90 Å². The molecular weight excluding hydrogens is 331 g/mol. The van der Waals surface area contributed by atoms with Crippen molar-refractivity contribution in [3.8, 4) is 0 Å². The number of amidine groups is 1. The monoisotopic (exact) mass is 344 g/mol. The Morgan fingerprint density at radius 1 is 1.65 bits per heavy atom. The summed E-state index contributed by atoms with van der Waals surface area (Å²) < 4.78 is 2.98. The zero-order chi connectivity index (χ0) is 12.0. The van der Waals surface area contributed by atoms with Gasteiger partial charge in [0.1, 0.15) is 11.4 Å². The smallest absolute Gasteiger partial charge is 0.339 e. The molecule has 1 atom stereocenters. The van der Waals surface area contributed by atoms with Crippen LogP contribution >= 0.6 is 20.7 Å². The average Bonchev–Trinajstić information content (AvgIpc) is 2.70. The summed E-state index contributed by atoms with van der Waals surface area (Å²) in [5, 5.41) is 9.28. The lowest BCUT2D eigenvalue weighted by Gasteiger charge is -2.30. The molecular formula is C12H13IN2O2. The van der Waals surface area contributed by atoms with Crippen molar-refractivity contribution < 1.29 is 9.90 Å². The van der Waals surface area contributed by atoms with Gasteiger partial charge in [0.25, 0.3) is 0 Å². The Labute approximate surface area is 109 Å². The SMILES string of the molecule is C[C@H]1CCC2=C1C=C(C(=O)O)C1=NCI=CN12. The third kappa shape index (κ3) is 1.67. The van der Waals surface area contributed by atoms with Crippen LogP contribution in [0.4, 0.5) is 0 Å². The van der Waals surface area contributed by atoms with Gasteiger partial charge in [-0.15, -0.1) is 0 Å². The molecule has 0 fully saturated rings. The maximum Gasteiger partial charge on any atom is 0.339 e. The first-order valence-corrected chi connectivity index (χ1v) is 8.38. The van der Waals surface area contributed by atoms with E-state index in [2.05, 4.69) is 21.0 Å². The molecule has 17 heavy (non-hydrogen) atoms. The van der Waals surface area contributed by atoms with Crippen LogP contribution in [-0.4, -0.2) is 30.5 Å². The molecule has 1 aliphatic carbocycles. The van der Waals surface area contributed by atoms with E-state index in [1.165, 1.54) is 11.3 Å². The van der Waals surface area contributed by atoms with E-state index >= 15 is 0 Å². The molecule has 2 aliphatic heterocycles. The molecule has 0 saturated carbocycles. The van der Waals surface area contributed by atoms with Crippen LogP contribution in [0.15, 0.2) is 27.9 Å². The number of carbonyl (C=O) groups is 1. The van der Waals surface area contributed by atoms with Crippen molar-refractivity contribution in [2.75, 3.05) is 4.55 Å². The number of halogens is 1. The Morgan fingerprint density at radius 2 is 2.47 bits per heavy atom. The number of fused-ring (bicyclic) bond motifs is 2. The Hall–Kier alpha value is -0.980. The lowest BCUT2D eigenvalue weighted by molar-refractivity contribution is -0.132. The number of carboxylic acids is 1. The minimum absolute atomic E-state index is 0.0510. The van der Waals surface area contributed by atoms with Gasteiger partial charge in [-0.1, -0.05) is 27.7 Å². The summed E-state index contributed by atoms with van der Waals surface area (Å²) in [6.07, 6.45) is 3.99. The predicted octanol–water partition coefficient (Wildman–Crippen LogP) is 2.10. The molecule has 0 bridgehead atoms. The van der Waals surface area contributed by atoms with Crippen LogP contribution in [0.5, 0.6) is 0 Å². The number of carboxylic acid groups (broad SMARTS) is 1. The minimum atomic E-state index is -0.868. The summed E-state index contributed by atoms with van der Waals surface area (Å²) in [4.78, 5) is 17.8. The fraction of sp³-hybridized carbons (Fsp3) is 0.417. The second-order valence-corrected chi connectivity index (χ2v) is 6.55. The highest BCUT2D eigenvalue weighted by atomic mass is 127. The highest BCUT2D eigenvalue weighted by Crippen LogP contribution is 2.39. The van der Waals surface area contributed by atoms with E-state index < -0.39 is 5.97 Å². The van der Waals surface area contributed by atoms with Crippen LogP contribution in [0.3, 0.4) is 0 Å². The lowest BCUT2D eigenvalue weighted by Crippen LogP contribution is -2.36. The molecule has 0 saturated heterocycles. The van der Waals surface area contributed by atoms with Gasteiger partial charge in [0.15, 0.2) is 0 Å². The maximum absolute atomic E-state index is 11.3. The minimum Gasteiger partial charge on any atom is -0.478 e. The first kappa shape index (κ1) is 11.1. The van der Waals surface area contributed by atoms with Crippen molar-refractivity contribution in [3.63, 3.8) is 0 Å². The molecule has 0 aromatic rings. The van der Waals surface area contributed by atoms with Gasteiger partial charge >= 0.3 is 5.97 Å². The van der Waals surface area contributed by atoms with Gasteiger partial charge in [0.2, 0.25) is 0 Å². The van der Waals surface area contributed by atoms with E-state index in [-0.39, 0.29) is 20.7 Å². The highest BCUT2D eigenvalue weighted by Gasteiger charge is 2.34. The molecule has 5 heteroatoms. The van der Waals surface area contributed by atoms with Gasteiger partial charge in [0, 0.05) is 9.83 Å². The van der Waals surface area contributed by atoms with E-state index in [0.717, 1.165) is 17.4 Å². The van der Waals surface area contributed by atoms with Crippen LogP contribution in [0, 0.1) is 5.92 Å². The van der Waals surface area contributed by atoms with Gasteiger partial charge < -0.3 is 5.11 Å². The Bertz CT molecular complexity index is 517. The molecule has 0 unspecified atom stereocenters. The molecule has 3 rings (SSSR count). The third-order valence-corrected chi connectivity index (χ3v) is 5.10. The van der Waals surface area contributed by atoms with E-state index in [1.807, 2.05) is 6.08 Å². The van der Waals surface area contributed by atoms with E-state index in [1.54, 1.807) is 0 Å². The van der Waals surface area contributed by atoms with Crippen LogP contribution < -0.4 is 0 Å². The molecule has 0 amide bonds. The van der Waals surface area contributed by atoms with Gasteiger partial charge in [-0.25, -0.2) is 4.79 Å². The molecule has 2 heterocycles. The zero-order valence-corrected chi connectivity index (χ0v) is 11.6. The van der Waals surface area contributed by atoms with E-state index in [0.29, 0.717) is 17.3 Å². The molecule has 1 N–H and O–H groups in total. The molecule has 3 aliphatic rings. The lowest BCUT2D eigenvalue weighted by atomic mass is 9.98. The maximum atomic E-state index is 11.3. The molecule has 4 nitrogen and oxygen atoms in total. The summed E-state index contributed by atoms with van der Waals surface area (Å²) >= 11 is -0.0510. The van der Waals surface area contributed by atoms with Crippen LogP contribution in [0.25, 0.3) is 0 Å². The molecule has 0 spiro atoms. The van der Waals surface area contributed by atoms with Crippen molar-refractivity contribution in [1.29, 1.82) is 0 Å². The van der Waals surface area contributed by atoms with Crippen LogP contribution in [0.1, 0.15) is 19.8 Å². The molecule has 90 valence electrons. The fourth-order valence-electron chi connectivity index (χ4n) is 2.52. The normalized spacial score (nSPS) is 26.9. The number of allylic oxidation sites excluding steroid dienone is 3. The standard InChI is InChI=1S/C12H13IN2O2/c1-7-2-3-10-8(7)4-9(12(16)17)11-14-5-13-6-15(10)11/h4,6-7H,2-3,5H2,1H3,(H,16,17)/t7-/m0/s1. The topological polar surface area (TPSA) is 52.9 Å². The van der Waals surface area contributed by atoms with Crippen molar-refractivity contribution in [3.05, 3.63) is 22.9 Å². The van der Waals surface area contributed by atoms with Gasteiger partial charge in [-0.3, -0.25) is 9.89 Å². The quantitative estimate of drug-likeness (QED) is 0.450. The van der Waals surface area contributed by atoms with Crippen molar-refractivity contribution in [2.45, 2.75) is 19.8 Å². The Kier molecular flexibility index (Phi) is 2.65. The van der Waals surface area contributed by atoms with Gasteiger partial charge in [-0.2, -0.15) is 0 Å².